The molecule has 19 heavy (non-hydrogen) atoms. The topological polar surface area (TPSA) is 109 Å². The third-order valence-corrected chi connectivity index (χ3v) is 4.48. The first-order valence-corrected chi connectivity index (χ1v) is 7.56. The number of hydrogen-bond acceptors (Lipinski definition) is 5. The number of nitrogens with two attached hydrogens (primary N) is 1. The molecule has 1 aromatic carbocycles. The molecule has 0 spiro atoms. The molecule has 0 bridgehead atoms. The van der Waals surface area contributed by atoms with Gasteiger partial charge >= 0.3 is 0 Å². The van der Waals surface area contributed by atoms with E-state index in [-0.39, 0.29) is 17.2 Å². The average molecular weight is 286 g/mol. The van der Waals surface area contributed by atoms with E-state index >= 15 is 0 Å². The number of primary amides is 1. The zero-order valence-corrected chi connectivity index (χ0v) is 11.5. The molecule has 0 aromatic heterocycles. The van der Waals surface area contributed by atoms with E-state index in [4.69, 9.17) is 5.73 Å². The molecule has 1 atom stereocenters. The summed E-state index contributed by atoms with van der Waals surface area (Å²) in [5, 5.41) is 12.0. The van der Waals surface area contributed by atoms with Crippen LogP contribution in [0, 0.1) is 0 Å². The van der Waals surface area contributed by atoms with Crippen LogP contribution in [0.1, 0.15) is 13.3 Å². The van der Waals surface area contributed by atoms with Crippen molar-refractivity contribution in [1.29, 1.82) is 0 Å². The SMILES string of the molecule is CCCS(=O)(=O)c1ccccc1NCC(O)C(N)=O. The highest BCUT2D eigenvalue weighted by Crippen LogP contribution is 2.22. The van der Waals surface area contributed by atoms with E-state index in [0.717, 1.165) is 0 Å². The molecule has 0 aliphatic heterocycles. The number of para-hydroxylation sites is 1. The quantitative estimate of drug-likeness (QED) is 0.660. The molecule has 0 radical (unpaired) electrons. The molecular weight excluding hydrogens is 268 g/mol. The highest BCUT2D eigenvalue weighted by atomic mass is 32.2. The minimum Gasteiger partial charge on any atom is -0.381 e. The summed E-state index contributed by atoms with van der Waals surface area (Å²) in [4.78, 5) is 10.9. The van der Waals surface area contributed by atoms with Gasteiger partial charge < -0.3 is 16.2 Å². The Morgan fingerprint density at radius 2 is 2.05 bits per heavy atom. The number of rotatable bonds is 7. The molecule has 0 fully saturated rings. The van der Waals surface area contributed by atoms with E-state index in [1.165, 1.54) is 6.07 Å². The molecule has 7 heteroatoms. The van der Waals surface area contributed by atoms with E-state index < -0.39 is 21.8 Å². The number of amides is 1. The second-order valence-electron chi connectivity index (χ2n) is 4.11. The Bertz CT molecular complexity index is 542. The van der Waals surface area contributed by atoms with Crippen LogP contribution >= 0.6 is 0 Å². The smallest absolute Gasteiger partial charge is 0.248 e. The second-order valence-corrected chi connectivity index (χ2v) is 6.19. The minimum absolute atomic E-state index is 0.0457. The summed E-state index contributed by atoms with van der Waals surface area (Å²) in [6.45, 7) is 1.65. The summed E-state index contributed by atoms with van der Waals surface area (Å²) in [5.41, 5.74) is 5.28. The van der Waals surface area contributed by atoms with E-state index in [2.05, 4.69) is 5.32 Å². The van der Waals surface area contributed by atoms with Crippen molar-refractivity contribution in [2.24, 2.45) is 5.73 Å². The van der Waals surface area contributed by atoms with Crippen LogP contribution in [0.25, 0.3) is 0 Å². The van der Waals surface area contributed by atoms with Gasteiger partial charge in [-0.1, -0.05) is 19.1 Å². The molecule has 1 amide bonds. The molecule has 0 saturated carbocycles. The van der Waals surface area contributed by atoms with Crippen molar-refractivity contribution in [3.8, 4) is 0 Å². The van der Waals surface area contributed by atoms with Crippen molar-refractivity contribution < 1.29 is 18.3 Å². The van der Waals surface area contributed by atoms with Crippen LogP contribution in [0.2, 0.25) is 0 Å². The fourth-order valence-electron chi connectivity index (χ4n) is 1.57. The minimum atomic E-state index is -3.37. The predicted molar refractivity (Wildman–Crippen MR) is 72.5 cm³/mol. The summed E-state index contributed by atoms with van der Waals surface area (Å²) in [7, 11) is -3.37. The van der Waals surface area contributed by atoms with Gasteiger partial charge in [0.1, 0.15) is 6.10 Å². The van der Waals surface area contributed by atoms with Crippen LogP contribution in [-0.4, -0.2) is 37.8 Å². The highest BCUT2D eigenvalue weighted by Gasteiger charge is 2.18. The molecule has 0 heterocycles. The Kier molecular flexibility index (Phi) is 5.31. The van der Waals surface area contributed by atoms with Crippen LogP contribution < -0.4 is 11.1 Å². The van der Waals surface area contributed by atoms with Crippen molar-refractivity contribution in [3.63, 3.8) is 0 Å². The standard InChI is InChI=1S/C12H18N2O4S/c1-2-7-19(17,18)11-6-4-3-5-9(11)14-8-10(15)12(13)16/h3-6,10,14-15H,2,7-8H2,1H3,(H2,13,16). The summed E-state index contributed by atoms with van der Waals surface area (Å²) >= 11 is 0. The van der Waals surface area contributed by atoms with Gasteiger partial charge in [-0.05, 0) is 18.6 Å². The van der Waals surface area contributed by atoms with Crippen LogP contribution in [-0.2, 0) is 14.6 Å². The van der Waals surface area contributed by atoms with Gasteiger partial charge in [-0.3, -0.25) is 4.79 Å². The molecule has 6 nitrogen and oxygen atoms in total. The maximum absolute atomic E-state index is 12.0. The lowest BCUT2D eigenvalue weighted by atomic mass is 10.3. The molecule has 4 N–H and O–H groups in total. The zero-order chi connectivity index (χ0) is 14.5. The van der Waals surface area contributed by atoms with E-state index in [1.54, 1.807) is 25.1 Å². The molecule has 0 saturated heterocycles. The molecular formula is C12H18N2O4S. The Morgan fingerprint density at radius 1 is 1.42 bits per heavy atom. The monoisotopic (exact) mass is 286 g/mol. The number of carbonyl (C=O) groups excluding carboxylic acids is 1. The first-order chi connectivity index (χ1) is 8.88. The largest absolute Gasteiger partial charge is 0.381 e. The molecule has 106 valence electrons. The van der Waals surface area contributed by atoms with Crippen molar-refractivity contribution >= 4 is 21.4 Å². The van der Waals surface area contributed by atoms with Crippen molar-refractivity contribution in [2.75, 3.05) is 17.6 Å². The van der Waals surface area contributed by atoms with Gasteiger partial charge in [0.05, 0.1) is 16.3 Å². The average Bonchev–Trinajstić information content (AvgIpc) is 2.36. The number of hydrogen-bond donors (Lipinski definition) is 3. The van der Waals surface area contributed by atoms with Gasteiger partial charge in [-0.25, -0.2) is 8.42 Å². The second kappa shape index (κ2) is 6.53. The van der Waals surface area contributed by atoms with Gasteiger partial charge in [0.15, 0.2) is 9.84 Å². The fraction of sp³-hybridized carbons (Fsp3) is 0.417. The first kappa shape index (κ1) is 15.5. The van der Waals surface area contributed by atoms with Crippen molar-refractivity contribution in [1.82, 2.24) is 0 Å². The summed E-state index contributed by atoms with van der Waals surface area (Å²) in [6.07, 6.45) is -0.845. The third kappa shape index (κ3) is 4.22. The lowest BCUT2D eigenvalue weighted by molar-refractivity contribution is -0.125. The lowest BCUT2D eigenvalue weighted by Crippen LogP contribution is -2.34. The number of benzene rings is 1. The number of aliphatic hydroxyl groups is 1. The number of nitrogens with one attached hydrogen (secondary N) is 1. The van der Waals surface area contributed by atoms with Crippen molar-refractivity contribution in [2.45, 2.75) is 24.3 Å². The maximum atomic E-state index is 12.0. The van der Waals surface area contributed by atoms with Crippen molar-refractivity contribution in [3.05, 3.63) is 24.3 Å². The molecule has 1 unspecified atom stereocenters. The van der Waals surface area contributed by atoms with Gasteiger partial charge in [-0.15, -0.1) is 0 Å². The third-order valence-electron chi connectivity index (χ3n) is 2.51. The predicted octanol–water partition coefficient (Wildman–Crippen LogP) is 0.128. The van der Waals surface area contributed by atoms with E-state index in [0.29, 0.717) is 12.1 Å². The lowest BCUT2D eigenvalue weighted by Gasteiger charge is -2.13. The first-order valence-electron chi connectivity index (χ1n) is 5.91. The normalized spacial score (nSPS) is 12.9. The van der Waals surface area contributed by atoms with Gasteiger partial charge in [-0.2, -0.15) is 0 Å². The van der Waals surface area contributed by atoms with Gasteiger partial charge in [0.25, 0.3) is 0 Å². The van der Waals surface area contributed by atoms with Gasteiger partial charge in [0, 0.05) is 6.54 Å². The summed E-state index contributed by atoms with van der Waals surface area (Å²) in [5.74, 6) is -0.814. The molecule has 1 aromatic rings. The molecule has 0 aliphatic carbocycles. The molecule has 1 rings (SSSR count). The molecule has 0 aliphatic rings. The summed E-state index contributed by atoms with van der Waals surface area (Å²) < 4.78 is 24.1. The Morgan fingerprint density at radius 3 is 2.63 bits per heavy atom. The van der Waals surface area contributed by atoms with Crippen LogP contribution in [0.4, 0.5) is 5.69 Å². The number of sulfone groups is 1. The van der Waals surface area contributed by atoms with Crippen LogP contribution in [0.15, 0.2) is 29.2 Å². The van der Waals surface area contributed by atoms with Crippen LogP contribution in [0.5, 0.6) is 0 Å². The Labute approximate surface area is 112 Å². The van der Waals surface area contributed by atoms with Gasteiger partial charge in [0.2, 0.25) is 5.91 Å². The Hall–Kier alpha value is -1.60. The number of anilines is 1. The zero-order valence-electron chi connectivity index (χ0n) is 10.7. The maximum Gasteiger partial charge on any atom is 0.248 e. The summed E-state index contributed by atoms with van der Waals surface area (Å²) in [6, 6.07) is 6.36. The Balaban J connectivity index is 2.94. The fourth-order valence-corrected chi connectivity index (χ4v) is 3.09. The van der Waals surface area contributed by atoms with E-state index in [1.807, 2.05) is 0 Å². The number of aliphatic hydroxyl groups excluding tert-OH is 1. The van der Waals surface area contributed by atoms with E-state index in [9.17, 15) is 18.3 Å². The van der Waals surface area contributed by atoms with Crippen LogP contribution in [0.3, 0.4) is 0 Å². The highest BCUT2D eigenvalue weighted by molar-refractivity contribution is 7.91. The number of carbonyl (C=O) groups is 1.